The van der Waals surface area contributed by atoms with Gasteiger partial charge in [0.05, 0.1) is 36.9 Å². The summed E-state index contributed by atoms with van der Waals surface area (Å²) in [4.78, 5) is 0. The Balaban J connectivity index is 0.00000267. The van der Waals surface area contributed by atoms with Crippen molar-refractivity contribution >= 4 is 37.2 Å². The standard InChI is InChI=1S/C21H41N5O11.3ClH/c1-26-11-14(30)18-8(33-20(11)37-21-16(32)13(29)10(25)9(4-27)34-21)3-7(24)19(36-18)35-17-6(23)2-5(22)12(28)15(17)31;;;/h5-21,26-32H,2-4,22-25H2,1H3;3*1H/t5-,6+,7-,8+,9-,10-,11+,12+,13+,14-,15-,16-,17-,18+,19+,20-,21-;;;/m1.../s1. The molecule has 0 aromatic rings. The highest BCUT2D eigenvalue weighted by Crippen LogP contribution is 2.35. The number of nitrogens with one attached hydrogen (secondary N) is 1. The number of hydrogen-bond donors (Lipinski definition) is 11. The molecule has 1 aliphatic carbocycles. The molecule has 0 aromatic heterocycles. The number of aliphatic hydroxyl groups is 6. The van der Waals surface area contributed by atoms with Crippen LogP contribution in [0.25, 0.3) is 0 Å². The fourth-order valence-electron chi connectivity index (χ4n) is 5.46. The second kappa shape index (κ2) is 15.8. The van der Waals surface area contributed by atoms with Crippen LogP contribution in [0.15, 0.2) is 0 Å². The van der Waals surface area contributed by atoms with Crippen LogP contribution in [0.3, 0.4) is 0 Å². The maximum Gasteiger partial charge on any atom is 0.189 e. The number of halogens is 3. The molecule has 15 N–H and O–H groups in total. The number of hydrogen-bond acceptors (Lipinski definition) is 16. The van der Waals surface area contributed by atoms with E-state index in [1.807, 2.05) is 0 Å². The first-order chi connectivity index (χ1) is 17.5. The van der Waals surface area contributed by atoms with E-state index in [1.165, 1.54) is 0 Å². The predicted molar refractivity (Wildman–Crippen MR) is 145 cm³/mol. The van der Waals surface area contributed by atoms with Gasteiger partial charge < -0.3 is 82.6 Å². The molecule has 40 heavy (non-hydrogen) atoms. The molecule has 4 aliphatic rings. The fraction of sp³-hybridized carbons (Fsp3) is 1.00. The fourth-order valence-corrected chi connectivity index (χ4v) is 5.46. The monoisotopic (exact) mass is 647 g/mol. The number of likely N-dealkylation sites (N-methyl/N-ethyl adjacent to an activating group) is 1. The van der Waals surface area contributed by atoms with Crippen LogP contribution in [0.2, 0.25) is 0 Å². The van der Waals surface area contributed by atoms with Gasteiger partial charge in [-0.25, -0.2) is 0 Å². The minimum absolute atomic E-state index is 0. The molecular weight excluding hydrogens is 605 g/mol. The molecule has 17 atom stereocenters. The smallest absolute Gasteiger partial charge is 0.189 e. The Kier molecular flexibility index (Phi) is 15.1. The maximum absolute atomic E-state index is 11.1. The van der Waals surface area contributed by atoms with Crippen LogP contribution in [-0.2, 0) is 23.7 Å². The van der Waals surface area contributed by atoms with Crippen LogP contribution in [0.1, 0.15) is 12.8 Å². The van der Waals surface area contributed by atoms with Gasteiger partial charge in [0, 0.05) is 12.1 Å². The molecule has 3 heterocycles. The number of aliphatic hydroxyl groups excluding tert-OH is 6. The number of ether oxygens (including phenoxy) is 5. The van der Waals surface area contributed by atoms with Gasteiger partial charge in [0.25, 0.3) is 0 Å². The molecule has 4 rings (SSSR count). The normalized spacial score (nSPS) is 50.9. The number of rotatable bonds is 6. The molecular formula is C21H44Cl3N5O11. The molecule has 0 amide bonds. The van der Waals surface area contributed by atoms with Gasteiger partial charge in [0.15, 0.2) is 18.9 Å². The Hall–Kier alpha value is 0.230. The van der Waals surface area contributed by atoms with Gasteiger partial charge in [-0.2, -0.15) is 0 Å². The van der Waals surface area contributed by atoms with E-state index in [9.17, 15) is 30.6 Å². The van der Waals surface area contributed by atoms with Gasteiger partial charge in [-0.15, -0.1) is 37.2 Å². The predicted octanol–water partition coefficient (Wildman–Crippen LogP) is -5.68. The second-order valence-corrected chi connectivity index (χ2v) is 10.3. The highest BCUT2D eigenvalue weighted by atomic mass is 35.5. The van der Waals surface area contributed by atoms with Crippen molar-refractivity contribution in [3.8, 4) is 0 Å². The molecule has 240 valence electrons. The van der Waals surface area contributed by atoms with E-state index >= 15 is 0 Å². The summed E-state index contributed by atoms with van der Waals surface area (Å²) in [5.74, 6) is 0. The zero-order chi connectivity index (χ0) is 27.2. The molecule has 3 aliphatic heterocycles. The molecule has 1 saturated carbocycles. The van der Waals surface area contributed by atoms with E-state index < -0.39 is 111 Å². The van der Waals surface area contributed by atoms with Crippen molar-refractivity contribution in [1.29, 1.82) is 0 Å². The van der Waals surface area contributed by atoms with Gasteiger partial charge in [-0.1, -0.05) is 0 Å². The summed E-state index contributed by atoms with van der Waals surface area (Å²) < 4.78 is 29.2. The van der Waals surface area contributed by atoms with E-state index in [0.29, 0.717) is 0 Å². The lowest BCUT2D eigenvalue weighted by atomic mass is 9.84. The lowest BCUT2D eigenvalue weighted by Gasteiger charge is -2.51. The van der Waals surface area contributed by atoms with Crippen molar-refractivity contribution in [3.05, 3.63) is 0 Å². The van der Waals surface area contributed by atoms with Crippen LogP contribution in [0.5, 0.6) is 0 Å². The minimum atomic E-state index is -1.54. The van der Waals surface area contributed by atoms with Crippen molar-refractivity contribution in [1.82, 2.24) is 5.32 Å². The molecule has 0 spiro atoms. The highest BCUT2D eigenvalue weighted by Gasteiger charge is 2.54. The second-order valence-electron chi connectivity index (χ2n) is 10.3. The van der Waals surface area contributed by atoms with Gasteiger partial charge >= 0.3 is 0 Å². The molecule has 0 aromatic carbocycles. The zero-order valence-corrected chi connectivity index (χ0v) is 24.1. The molecule has 0 radical (unpaired) electrons. The van der Waals surface area contributed by atoms with Gasteiger partial charge in [0.2, 0.25) is 0 Å². The minimum Gasteiger partial charge on any atom is -0.394 e. The van der Waals surface area contributed by atoms with Crippen molar-refractivity contribution in [2.75, 3.05) is 13.7 Å². The largest absolute Gasteiger partial charge is 0.394 e. The summed E-state index contributed by atoms with van der Waals surface area (Å²) in [5, 5.41) is 64.7. The Morgan fingerprint density at radius 2 is 1.35 bits per heavy atom. The quantitative estimate of drug-likeness (QED) is 0.128. The third-order valence-corrected chi connectivity index (χ3v) is 7.74. The topological polar surface area (TPSA) is 284 Å². The maximum atomic E-state index is 11.1. The van der Waals surface area contributed by atoms with Crippen molar-refractivity contribution < 1.29 is 54.3 Å². The zero-order valence-electron chi connectivity index (χ0n) is 21.7. The Labute approximate surface area is 250 Å². The summed E-state index contributed by atoms with van der Waals surface area (Å²) in [5.41, 5.74) is 24.0. The van der Waals surface area contributed by atoms with E-state index in [-0.39, 0.29) is 50.1 Å². The van der Waals surface area contributed by atoms with Crippen LogP contribution >= 0.6 is 37.2 Å². The third kappa shape index (κ3) is 7.47. The van der Waals surface area contributed by atoms with Gasteiger partial charge in [0.1, 0.15) is 42.7 Å². The Bertz CT molecular complexity index is 771. The Morgan fingerprint density at radius 3 is 1.95 bits per heavy atom. The average Bonchev–Trinajstić information content (AvgIpc) is 2.86. The van der Waals surface area contributed by atoms with Crippen molar-refractivity contribution in [3.63, 3.8) is 0 Å². The number of nitrogens with two attached hydrogens (primary N) is 4. The van der Waals surface area contributed by atoms with E-state index in [2.05, 4.69) is 5.32 Å². The van der Waals surface area contributed by atoms with Crippen LogP contribution in [0.4, 0.5) is 0 Å². The molecule has 4 fully saturated rings. The molecule has 0 bridgehead atoms. The van der Waals surface area contributed by atoms with Gasteiger partial charge in [-0.05, 0) is 19.9 Å². The summed E-state index contributed by atoms with van der Waals surface area (Å²) in [7, 11) is 1.55. The van der Waals surface area contributed by atoms with E-state index in [1.54, 1.807) is 7.05 Å². The SMILES string of the molecule is CN[C@@H]1[C@@H](O[C@H]2O[C@H](CO)[C@@H](N)[C@H](O)[C@H]2O)O[C@H]2C[C@@H](N)[C@@H](O[C@H]3[C@H](O)[C@@H](O)[C@H](N)C[C@@H]3N)O[C@@H]2[C@@H]1O.Cl.Cl.Cl. The van der Waals surface area contributed by atoms with Crippen molar-refractivity contribution in [2.24, 2.45) is 22.9 Å². The van der Waals surface area contributed by atoms with Crippen LogP contribution < -0.4 is 28.3 Å². The van der Waals surface area contributed by atoms with Crippen LogP contribution in [0, 0.1) is 0 Å². The molecule has 3 saturated heterocycles. The molecule has 0 unspecified atom stereocenters. The van der Waals surface area contributed by atoms with Crippen LogP contribution in [-0.4, -0.2) is 148 Å². The first kappa shape index (κ1) is 38.3. The molecule has 19 heteroatoms. The molecule has 16 nitrogen and oxygen atoms in total. The summed E-state index contributed by atoms with van der Waals surface area (Å²) in [6.45, 7) is -0.508. The summed E-state index contributed by atoms with van der Waals surface area (Å²) >= 11 is 0. The highest BCUT2D eigenvalue weighted by molar-refractivity contribution is 5.86. The van der Waals surface area contributed by atoms with E-state index in [4.69, 9.17) is 46.6 Å². The van der Waals surface area contributed by atoms with Crippen molar-refractivity contribution in [2.45, 2.75) is 117 Å². The number of fused-ring (bicyclic) bond motifs is 1. The average molecular weight is 649 g/mol. The van der Waals surface area contributed by atoms with Gasteiger partial charge in [-0.3, -0.25) is 0 Å². The first-order valence-electron chi connectivity index (χ1n) is 12.5. The first-order valence-corrected chi connectivity index (χ1v) is 12.5. The third-order valence-electron chi connectivity index (χ3n) is 7.74. The summed E-state index contributed by atoms with van der Waals surface area (Å²) in [6.07, 6.45) is -13.7. The lowest BCUT2D eigenvalue weighted by molar-refractivity contribution is -0.373. The Morgan fingerprint density at radius 1 is 0.700 bits per heavy atom. The summed E-state index contributed by atoms with van der Waals surface area (Å²) in [6, 6.07) is -4.05. The lowest BCUT2D eigenvalue weighted by Crippen LogP contribution is -2.70. The van der Waals surface area contributed by atoms with E-state index in [0.717, 1.165) is 0 Å².